The van der Waals surface area contributed by atoms with Crippen LogP contribution in [0.15, 0.2) is 18.2 Å². The Bertz CT molecular complexity index is 417. The fourth-order valence-electron chi connectivity index (χ4n) is 2.13. The lowest BCUT2D eigenvalue weighted by Gasteiger charge is -2.25. The second-order valence-electron chi connectivity index (χ2n) is 4.11. The summed E-state index contributed by atoms with van der Waals surface area (Å²) in [6, 6.07) is 4.33. The number of hydrogen-bond acceptors (Lipinski definition) is 3. The molecular formula is C12H15NO3. The number of nitrogens with zero attached hydrogens (tertiary/aromatic N) is 1. The van der Waals surface area contributed by atoms with E-state index in [0.717, 1.165) is 13.0 Å². The molecule has 1 amide bonds. The third-order valence-corrected chi connectivity index (χ3v) is 3.04. The molecule has 4 heteroatoms. The minimum atomic E-state index is -0.143. The maximum Gasteiger partial charge on any atom is 0.223 e. The van der Waals surface area contributed by atoms with Crippen molar-refractivity contribution in [3.8, 4) is 11.5 Å². The first kappa shape index (κ1) is 10.8. The van der Waals surface area contributed by atoms with Gasteiger partial charge in [0.15, 0.2) is 0 Å². The van der Waals surface area contributed by atoms with E-state index in [9.17, 15) is 15.0 Å². The topological polar surface area (TPSA) is 60.8 Å². The van der Waals surface area contributed by atoms with Crippen LogP contribution >= 0.6 is 0 Å². The van der Waals surface area contributed by atoms with Gasteiger partial charge in [-0.25, -0.2) is 0 Å². The van der Waals surface area contributed by atoms with E-state index in [1.54, 1.807) is 11.0 Å². The zero-order valence-corrected chi connectivity index (χ0v) is 9.18. The monoisotopic (exact) mass is 221 g/mol. The maximum atomic E-state index is 11.6. The van der Waals surface area contributed by atoms with Crippen molar-refractivity contribution < 1.29 is 15.0 Å². The number of amides is 1. The van der Waals surface area contributed by atoms with Crippen LogP contribution in [0.4, 0.5) is 0 Å². The van der Waals surface area contributed by atoms with E-state index >= 15 is 0 Å². The quantitative estimate of drug-likeness (QED) is 0.800. The molecule has 1 aliphatic rings. The van der Waals surface area contributed by atoms with Crippen molar-refractivity contribution in [2.45, 2.75) is 25.8 Å². The summed E-state index contributed by atoms with van der Waals surface area (Å²) in [5.41, 5.74) is 0.674. The first-order chi connectivity index (χ1) is 7.59. The number of phenols is 2. The highest BCUT2D eigenvalue weighted by Crippen LogP contribution is 2.33. The van der Waals surface area contributed by atoms with E-state index in [1.165, 1.54) is 12.1 Å². The second-order valence-corrected chi connectivity index (χ2v) is 4.11. The number of hydrogen-bond donors (Lipinski definition) is 2. The van der Waals surface area contributed by atoms with Crippen LogP contribution in [-0.2, 0) is 4.79 Å². The van der Waals surface area contributed by atoms with Crippen LogP contribution in [0, 0.1) is 0 Å². The van der Waals surface area contributed by atoms with Crippen LogP contribution in [0.25, 0.3) is 0 Å². The molecule has 0 bridgehead atoms. The van der Waals surface area contributed by atoms with Gasteiger partial charge < -0.3 is 15.1 Å². The Kier molecular flexibility index (Phi) is 2.73. The Balaban J connectivity index is 2.26. The molecule has 1 atom stereocenters. The van der Waals surface area contributed by atoms with Crippen molar-refractivity contribution in [1.29, 1.82) is 0 Å². The van der Waals surface area contributed by atoms with Gasteiger partial charge in [-0.3, -0.25) is 4.79 Å². The summed E-state index contributed by atoms with van der Waals surface area (Å²) < 4.78 is 0. The number of phenolic OH excluding ortho intramolecular Hbond substituents is 2. The molecule has 1 aromatic carbocycles. The van der Waals surface area contributed by atoms with Crippen molar-refractivity contribution >= 4 is 5.91 Å². The first-order valence-electron chi connectivity index (χ1n) is 5.41. The first-order valence-corrected chi connectivity index (χ1v) is 5.41. The zero-order valence-electron chi connectivity index (χ0n) is 9.18. The van der Waals surface area contributed by atoms with Gasteiger partial charge >= 0.3 is 0 Å². The minimum absolute atomic E-state index is 0.0289. The predicted molar refractivity (Wildman–Crippen MR) is 59.1 cm³/mol. The number of carbonyl (C=O) groups excluding carboxylic acids is 1. The van der Waals surface area contributed by atoms with Crippen molar-refractivity contribution in [3.05, 3.63) is 23.8 Å². The molecule has 1 unspecified atom stereocenters. The van der Waals surface area contributed by atoms with Crippen molar-refractivity contribution in [2.24, 2.45) is 0 Å². The minimum Gasteiger partial charge on any atom is -0.508 e. The summed E-state index contributed by atoms with van der Waals surface area (Å²) in [4.78, 5) is 13.3. The van der Waals surface area contributed by atoms with Crippen LogP contribution in [0.3, 0.4) is 0 Å². The zero-order chi connectivity index (χ0) is 11.7. The standard InChI is InChI=1S/C12H15NO3/c1-8(13-6-2-3-12(13)16)10-5-4-9(14)7-11(10)15/h4-5,7-8,14-15H,2-3,6H2,1H3. The Morgan fingerprint density at radius 1 is 1.38 bits per heavy atom. The van der Waals surface area contributed by atoms with Crippen molar-refractivity contribution in [3.63, 3.8) is 0 Å². The number of benzene rings is 1. The summed E-state index contributed by atoms with van der Waals surface area (Å²) >= 11 is 0. The van der Waals surface area contributed by atoms with Crippen LogP contribution in [-0.4, -0.2) is 27.6 Å². The van der Waals surface area contributed by atoms with Gasteiger partial charge in [0.25, 0.3) is 0 Å². The predicted octanol–water partition coefficient (Wildman–Crippen LogP) is 1.78. The fraction of sp³-hybridized carbons (Fsp3) is 0.417. The van der Waals surface area contributed by atoms with Gasteiger partial charge in [0, 0.05) is 24.6 Å². The van der Waals surface area contributed by atoms with Gasteiger partial charge in [-0.2, -0.15) is 0 Å². The average molecular weight is 221 g/mol. The summed E-state index contributed by atoms with van der Waals surface area (Å²) in [5, 5.41) is 18.9. The van der Waals surface area contributed by atoms with Gasteiger partial charge in [0.1, 0.15) is 11.5 Å². The van der Waals surface area contributed by atoms with Gasteiger partial charge in [-0.05, 0) is 25.5 Å². The molecule has 16 heavy (non-hydrogen) atoms. The van der Waals surface area contributed by atoms with Gasteiger partial charge in [-0.15, -0.1) is 0 Å². The molecule has 86 valence electrons. The summed E-state index contributed by atoms with van der Waals surface area (Å²) in [5.74, 6) is 0.188. The number of rotatable bonds is 2. The van der Waals surface area contributed by atoms with E-state index < -0.39 is 0 Å². The summed E-state index contributed by atoms with van der Waals surface area (Å²) in [7, 11) is 0. The molecule has 1 saturated heterocycles. The molecule has 0 radical (unpaired) electrons. The third-order valence-electron chi connectivity index (χ3n) is 3.04. The Morgan fingerprint density at radius 3 is 2.69 bits per heavy atom. The highest BCUT2D eigenvalue weighted by atomic mass is 16.3. The van der Waals surface area contributed by atoms with Crippen molar-refractivity contribution in [1.82, 2.24) is 4.90 Å². The normalized spacial score (nSPS) is 17.8. The molecule has 2 N–H and O–H groups in total. The molecule has 0 spiro atoms. The van der Waals surface area contributed by atoms with Gasteiger partial charge in [0.05, 0.1) is 6.04 Å². The second kappa shape index (κ2) is 4.04. The SMILES string of the molecule is CC(c1ccc(O)cc1O)N1CCCC1=O. The largest absolute Gasteiger partial charge is 0.508 e. The Labute approximate surface area is 94.1 Å². The highest BCUT2D eigenvalue weighted by molar-refractivity contribution is 5.78. The summed E-state index contributed by atoms with van der Waals surface area (Å²) in [6.07, 6.45) is 1.46. The van der Waals surface area contributed by atoms with Crippen molar-refractivity contribution in [2.75, 3.05) is 6.54 Å². The van der Waals surface area contributed by atoms with Gasteiger partial charge in [0.2, 0.25) is 5.91 Å². The van der Waals surface area contributed by atoms with Crippen LogP contribution < -0.4 is 0 Å². The van der Waals surface area contributed by atoms with Crippen LogP contribution in [0.1, 0.15) is 31.4 Å². The highest BCUT2D eigenvalue weighted by Gasteiger charge is 2.27. The molecule has 2 rings (SSSR count). The van der Waals surface area contributed by atoms with Gasteiger partial charge in [-0.1, -0.05) is 0 Å². The lowest BCUT2D eigenvalue weighted by atomic mass is 10.1. The smallest absolute Gasteiger partial charge is 0.223 e. The molecule has 1 aliphatic heterocycles. The van der Waals surface area contributed by atoms with E-state index in [0.29, 0.717) is 12.0 Å². The van der Waals surface area contributed by atoms with Crippen LogP contribution in [0.5, 0.6) is 11.5 Å². The molecule has 0 aromatic heterocycles. The number of likely N-dealkylation sites (tertiary alicyclic amines) is 1. The molecule has 0 aliphatic carbocycles. The van der Waals surface area contributed by atoms with E-state index in [4.69, 9.17) is 0 Å². The third kappa shape index (κ3) is 1.83. The molecule has 4 nitrogen and oxygen atoms in total. The van der Waals surface area contributed by atoms with E-state index in [-0.39, 0.29) is 23.4 Å². The lowest BCUT2D eigenvalue weighted by Crippen LogP contribution is -2.27. The molecule has 1 aromatic rings. The maximum absolute atomic E-state index is 11.6. The van der Waals surface area contributed by atoms with E-state index in [2.05, 4.69) is 0 Å². The molecule has 0 saturated carbocycles. The fourth-order valence-corrected chi connectivity index (χ4v) is 2.13. The lowest BCUT2D eigenvalue weighted by molar-refractivity contribution is -0.129. The number of carbonyl (C=O) groups is 1. The Hall–Kier alpha value is -1.71. The summed E-state index contributed by atoms with van der Waals surface area (Å²) in [6.45, 7) is 2.62. The Morgan fingerprint density at radius 2 is 2.12 bits per heavy atom. The number of aromatic hydroxyl groups is 2. The van der Waals surface area contributed by atoms with Crippen LogP contribution in [0.2, 0.25) is 0 Å². The average Bonchev–Trinajstić information content (AvgIpc) is 2.63. The van der Waals surface area contributed by atoms with E-state index in [1.807, 2.05) is 6.92 Å². The molecular weight excluding hydrogens is 206 g/mol. The molecule has 1 fully saturated rings. The molecule has 1 heterocycles.